The van der Waals surface area contributed by atoms with Gasteiger partial charge in [-0.15, -0.1) is 0 Å². The Bertz CT molecular complexity index is 1060. The predicted octanol–water partition coefficient (Wildman–Crippen LogP) is 5.68. The van der Waals surface area contributed by atoms with Gasteiger partial charge in [-0.2, -0.15) is 0 Å². The van der Waals surface area contributed by atoms with Gasteiger partial charge in [-0.1, -0.05) is 39.7 Å². The SMILES string of the molecule is Cc1cc(OCC(=O)Nc2cccc(C(=O)Nc3cccc(Cl)c3)c2)ccc1Br. The minimum atomic E-state index is -0.321. The zero-order valence-corrected chi connectivity index (χ0v) is 17.9. The average molecular weight is 474 g/mol. The van der Waals surface area contributed by atoms with Crippen LogP contribution in [0, 0.1) is 6.92 Å². The van der Waals surface area contributed by atoms with Crippen LogP contribution >= 0.6 is 27.5 Å². The molecule has 3 aromatic carbocycles. The van der Waals surface area contributed by atoms with Crippen molar-refractivity contribution in [2.45, 2.75) is 6.92 Å². The van der Waals surface area contributed by atoms with E-state index in [1.54, 1.807) is 54.6 Å². The quantitative estimate of drug-likeness (QED) is 0.484. The maximum Gasteiger partial charge on any atom is 0.262 e. The summed E-state index contributed by atoms with van der Waals surface area (Å²) in [7, 11) is 0. The summed E-state index contributed by atoms with van der Waals surface area (Å²) in [5, 5.41) is 6.04. The highest BCUT2D eigenvalue weighted by molar-refractivity contribution is 9.10. The summed E-state index contributed by atoms with van der Waals surface area (Å²) in [5.74, 6) is -0.0153. The van der Waals surface area contributed by atoms with Crippen molar-refractivity contribution < 1.29 is 14.3 Å². The van der Waals surface area contributed by atoms with Gasteiger partial charge in [-0.3, -0.25) is 9.59 Å². The van der Waals surface area contributed by atoms with Gasteiger partial charge < -0.3 is 15.4 Å². The fourth-order valence-electron chi connectivity index (χ4n) is 2.56. The van der Waals surface area contributed by atoms with Crippen molar-refractivity contribution in [3.05, 3.63) is 87.4 Å². The number of halogens is 2. The molecular weight excluding hydrogens is 456 g/mol. The minimum absolute atomic E-state index is 0.139. The molecule has 0 unspecified atom stereocenters. The molecule has 0 aromatic heterocycles. The molecule has 0 saturated carbocycles. The third-order valence-corrected chi connectivity index (χ3v) is 5.12. The molecule has 3 rings (SSSR count). The van der Waals surface area contributed by atoms with Crippen LogP contribution in [0.4, 0.5) is 11.4 Å². The van der Waals surface area contributed by atoms with E-state index >= 15 is 0 Å². The molecule has 0 fully saturated rings. The highest BCUT2D eigenvalue weighted by atomic mass is 79.9. The molecule has 7 heteroatoms. The second-order valence-corrected chi connectivity index (χ2v) is 7.58. The Morgan fingerprint density at radius 1 is 0.966 bits per heavy atom. The van der Waals surface area contributed by atoms with Crippen molar-refractivity contribution in [1.82, 2.24) is 0 Å². The first kappa shape index (κ1) is 20.9. The van der Waals surface area contributed by atoms with Crippen molar-refractivity contribution >= 4 is 50.7 Å². The molecule has 0 aliphatic rings. The molecular formula is C22H18BrClN2O3. The largest absolute Gasteiger partial charge is 0.484 e. The molecule has 3 aromatic rings. The predicted molar refractivity (Wildman–Crippen MR) is 119 cm³/mol. The van der Waals surface area contributed by atoms with Gasteiger partial charge in [0.25, 0.3) is 11.8 Å². The third kappa shape index (κ3) is 6.07. The maximum absolute atomic E-state index is 12.4. The van der Waals surface area contributed by atoms with Gasteiger partial charge in [-0.25, -0.2) is 0 Å². The number of rotatable bonds is 6. The van der Waals surface area contributed by atoms with E-state index in [0.717, 1.165) is 10.0 Å². The topological polar surface area (TPSA) is 67.4 Å². The zero-order valence-electron chi connectivity index (χ0n) is 15.5. The second-order valence-electron chi connectivity index (χ2n) is 6.29. The zero-order chi connectivity index (χ0) is 20.8. The van der Waals surface area contributed by atoms with Gasteiger partial charge >= 0.3 is 0 Å². The molecule has 0 aliphatic heterocycles. The molecule has 0 heterocycles. The van der Waals surface area contributed by atoms with E-state index in [9.17, 15) is 9.59 Å². The van der Waals surface area contributed by atoms with Crippen LogP contribution in [0.2, 0.25) is 5.02 Å². The lowest BCUT2D eigenvalue weighted by molar-refractivity contribution is -0.118. The van der Waals surface area contributed by atoms with E-state index in [-0.39, 0.29) is 18.4 Å². The number of hydrogen-bond acceptors (Lipinski definition) is 3. The number of carbonyl (C=O) groups is 2. The van der Waals surface area contributed by atoms with Crippen molar-refractivity contribution in [3.63, 3.8) is 0 Å². The van der Waals surface area contributed by atoms with Crippen molar-refractivity contribution in [3.8, 4) is 5.75 Å². The van der Waals surface area contributed by atoms with E-state index in [1.165, 1.54) is 0 Å². The molecule has 2 amide bonds. The first-order chi connectivity index (χ1) is 13.9. The highest BCUT2D eigenvalue weighted by Gasteiger charge is 2.09. The average Bonchev–Trinajstić information content (AvgIpc) is 2.69. The van der Waals surface area contributed by atoms with E-state index < -0.39 is 0 Å². The third-order valence-electron chi connectivity index (χ3n) is 3.99. The monoisotopic (exact) mass is 472 g/mol. The van der Waals surface area contributed by atoms with Crippen LogP contribution in [0.1, 0.15) is 15.9 Å². The Kier molecular flexibility index (Phi) is 6.90. The molecule has 5 nitrogen and oxygen atoms in total. The lowest BCUT2D eigenvalue weighted by Crippen LogP contribution is -2.20. The number of benzene rings is 3. The summed E-state index contributed by atoms with van der Waals surface area (Å²) >= 11 is 9.36. The summed E-state index contributed by atoms with van der Waals surface area (Å²) in [6.07, 6.45) is 0. The highest BCUT2D eigenvalue weighted by Crippen LogP contribution is 2.22. The van der Waals surface area contributed by atoms with E-state index in [1.807, 2.05) is 19.1 Å². The van der Waals surface area contributed by atoms with Crippen LogP contribution < -0.4 is 15.4 Å². The molecule has 0 radical (unpaired) electrons. The molecule has 29 heavy (non-hydrogen) atoms. The van der Waals surface area contributed by atoms with Crippen LogP contribution in [0.5, 0.6) is 5.75 Å². The molecule has 0 aliphatic carbocycles. The first-order valence-electron chi connectivity index (χ1n) is 8.76. The summed E-state index contributed by atoms with van der Waals surface area (Å²) < 4.78 is 6.49. The molecule has 0 atom stereocenters. The Hall–Kier alpha value is -2.83. The second kappa shape index (κ2) is 9.58. The van der Waals surface area contributed by atoms with Gasteiger partial charge in [-0.05, 0) is 67.1 Å². The van der Waals surface area contributed by atoms with Crippen LogP contribution in [-0.2, 0) is 4.79 Å². The number of carbonyl (C=O) groups excluding carboxylic acids is 2. The Balaban J connectivity index is 1.59. The number of nitrogens with one attached hydrogen (secondary N) is 2. The molecule has 148 valence electrons. The number of ether oxygens (including phenoxy) is 1. The van der Waals surface area contributed by atoms with Gasteiger partial charge in [0.1, 0.15) is 5.75 Å². The lowest BCUT2D eigenvalue weighted by Gasteiger charge is -2.10. The minimum Gasteiger partial charge on any atom is -0.484 e. The summed E-state index contributed by atoms with van der Waals surface area (Å²) in [5.41, 5.74) is 2.52. The molecule has 0 bridgehead atoms. The number of aryl methyl sites for hydroxylation is 1. The standard InChI is InChI=1S/C22H18BrClN2O3/c1-14-10-19(8-9-20(14)23)29-13-21(27)25-17-6-2-4-15(11-17)22(28)26-18-7-3-5-16(24)12-18/h2-12H,13H2,1H3,(H,25,27)(H,26,28). The van der Waals surface area contributed by atoms with Gasteiger partial charge in [0.2, 0.25) is 0 Å². The maximum atomic E-state index is 12.4. The Labute approximate surface area is 182 Å². The number of hydrogen-bond donors (Lipinski definition) is 2. The summed E-state index contributed by atoms with van der Waals surface area (Å²) in [6.45, 7) is 1.80. The van der Waals surface area contributed by atoms with Crippen LogP contribution in [0.3, 0.4) is 0 Å². The molecule has 0 spiro atoms. The smallest absolute Gasteiger partial charge is 0.262 e. The van der Waals surface area contributed by atoms with Crippen molar-refractivity contribution in [2.75, 3.05) is 17.2 Å². The molecule has 2 N–H and O–H groups in total. The Morgan fingerprint density at radius 2 is 1.69 bits per heavy atom. The normalized spacial score (nSPS) is 10.3. The van der Waals surface area contributed by atoms with Gasteiger partial charge in [0.05, 0.1) is 0 Å². The fourth-order valence-corrected chi connectivity index (χ4v) is 3.00. The lowest BCUT2D eigenvalue weighted by atomic mass is 10.2. The van der Waals surface area contributed by atoms with Crippen molar-refractivity contribution in [2.24, 2.45) is 0 Å². The summed E-state index contributed by atoms with van der Waals surface area (Å²) in [4.78, 5) is 24.6. The Morgan fingerprint density at radius 3 is 2.41 bits per heavy atom. The fraction of sp³-hybridized carbons (Fsp3) is 0.0909. The van der Waals surface area contributed by atoms with E-state index in [4.69, 9.17) is 16.3 Å². The van der Waals surface area contributed by atoms with Gasteiger partial charge in [0, 0.05) is 26.4 Å². The van der Waals surface area contributed by atoms with E-state index in [0.29, 0.717) is 27.7 Å². The van der Waals surface area contributed by atoms with Gasteiger partial charge in [0.15, 0.2) is 6.61 Å². The van der Waals surface area contributed by atoms with Crippen LogP contribution in [0.15, 0.2) is 71.2 Å². The van der Waals surface area contributed by atoms with Crippen LogP contribution in [0.25, 0.3) is 0 Å². The van der Waals surface area contributed by atoms with E-state index in [2.05, 4.69) is 26.6 Å². The first-order valence-corrected chi connectivity index (χ1v) is 9.93. The number of amides is 2. The van der Waals surface area contributed by atoms with Crippen LogP contribution in [-0.4, -0.2) is 18.4 Å². The number of anilines is 2. The summed E-state index contributed by atoms with van der Waals surface area (Å²) in [6, 6.07) is 19.0. The molecule has 0 saturated heterocycles. The van der Waals surface area contributed by atoms with Crippen molar-refractivity contribution in [1.29, 1.82) is 0 Å².